The van der Waals surface area contributed by atoms with Gasteiger partial charge in [0.05, 0.1) is 12.0 Å². The third-order valence-corrected chi connectivity index (χ3v) is 3.32. The highest BCUT2D eigenvalue weighted by Crippen LogP contribution is 2.24. The Balaban J connectivity index is 3.27. The van der Waals surface area contributed by atoms with Gasteiger partial charge in [-0.05, 0) is 25.1 Å². The number of Topliss-reactive ketones (excluding diaryl/α,β-unsaturated/α-hetero) is 1. The van der Waals surface area contributed by atoms with E-state index in [0.29, 0.717) is 11.3 Å². The molecule has 4 nitrogen and oxygen atoms in total. The SMILES string of the molecule is COc1ccc(S(=O)(=O)Cl)cc1CC(C)=O. The molecule has 6 heteroatoms. The molecule has 0 spiro atoms. The largest absolute Gasteiger partial charge is 0.496 e. The van der Waals surface area contributed by atoms with Crippen LogP contribution in [0.25, 0.3) is 0 Å². The summed E-state index contributed by atoms with van der Waals surface area (Å²) in [6.45, 7) is 1.42. The second kappa shape index (κ2) is 4.84. The molecule has 0 aliphatic heterocycles. The van der Waals surface area contributed by atoms with Crippen LogP contribution < -0.4 is 4.74 Å². The molecule has 1 rings (SSSR count). The molecule has 0 saturated heterocycles. The highest BCUT2D eigenvalue weighted by Gasteiger charge is 2.14. The van der Waals surface area contributed by atoms with Crippen molar-refractivity contribution in [2.24, 2.45) is 0 Å². The van der Waals surface area contributed by atoms with Crippen molar-refractivity contribution in [3.8, 4) is 5.75 Å². The zero-order valence-electron chi connectivity index (χ0n) is 8.86. The molecule has 0 amide bonds. The second-order valence-electron chi connectivity index (χ2n) is 3.29. The van der Waals surface area contributed by atoms with Crippen molar-refractivity contribution in [1.82, 2.24) is 0 Å². The minimum atomic E-state index is -3.78. The highest BCUT2D eigenvalue weighted by atomic mass is 35.7. The number of rotatable bonds is 4. The average Bonchev–Trinajstić information content (AvgIpc) is 2.15. The van der Waals surface area contributed by atoms with Crippen molar-refractivity contribution in [1.29, 1.82) is 0 Å². The molecule has 0 bridgehead atoms. The Morgan fingerprint density at radius 1 is 1.44 bits per heavy atom. The van der Waals surface area contributed by atoms with E-state index >= 15 is 0 Å². The maximum absolute atomic E-state index is 11.1. The number of carbonyl (C=O) groups excluding carboxylic acids is 1. The monoisotopic (exact) mass is 262 g/mol. The Morgan fingerprint density at radius 3 is 2.50 bits per heavy atom. The Kier molecular flexibility index (Phi) is 3.93. The summed E-state index contributed by atoms with van der Waals surface area (Å²) in [7, 11) is 2.88. The van der Waals surface area contributed by atoms with E-state index in [1.54, 1.807) is 0 Å². The first kappa shape index (κ1) is 13.0. The van der Waals surface area contributed by atoms with Crippen molar-refractivity contribution in [2.45, 2.75) is 18.2 Å². The van der Waals surface area contributed by atoms with Gasteiger partial charge in [0.1, 0.15) is 11.5 Å². The maximum atomic E-state index is 11.1. The molecule has 88 valence electrons. The van der Waals surface area contributed by atoms with Crippen LogP contribution in [0.4, 0.5) is 0 Å². The van der Waals surface area contributed by atoms with Gasteiger partial charge >= 0.3 is 0 Å². The van der Waals surface area contributed by atoms with Crippen LogP contribution in [0.5, 0.6) is 5.75 Å². The summed E-state index contributed by atoms with van der Waals surface area (Å²) < 4.78 is 27.2. The number of ketones is 1. The normalized spacial score (nSPS) is 11.2. The number of halogens is 1. The zero-order chi connectivity index (χ0) is 12.3. The van der Waals surface area contributed by atoms with Crippen molar-refractivity contribution in [3.05, 3.63) is 23.8 Å². The summed E-state index contributed by atoms with van der Waals surface area (Å²) in [5.74, 6) is 0.390. The van der Waals surface area contributed by atoms with Gasteiger partial charge < -0.3 is 4.74 Å². The van der Waals surface area contributed by atoms with Crippen molar-refractivity contribution >= 4 is 25.5 Å². The van der Waals surface area contributed by atoms with E-state index < -0.39 is 9.05 Å². The standard InChI is InChI=1S/C10H11ClO4S/c1-7(12)5-8-6-9(16(11,13)14)3-4-10(8)15-2/h3-4,6H,5H2,1-2H3. The van der Waals surface area contributed by atoms with E-state index in [1.165, 1.54) is 32.2 Å². The van der Waals surface area contributed by atoms with E-state index in [-0.39, 0.29) is 17.1 Å². The summed E-state index contributed by atoms with van der Waals surface area (Å²) in [6.07, 6.45) is 0.115. The first-order valence-corrected chi connectivity index (χ1v) is 6.76. The molecule has 0 heterocycles. The van der Waals surface area contributed by atoms with E-state index in [9.17, 15) is 13.2 Å². The van der Waals surface area contributed by atoms with Crippen LogP contribution in [0, 0.1) is 0 Å². The lowest BCUT2D eigenvalue weighted by Gasteiger charge is -2.08. The molecule has 0 aromatic heterocycles. The van der Waals surface area contributed by atoms with E-state index in [4.69, 9.17) is 15.4 Å². The van der Waals surface area contributed by atoms with Crippen LogP contribution in [-0.4, -0.2) is 21.3 Å². The number of benzene rings is 1. The Hall–Kier alpha value is -1.07. The van der Waals surface area contributed by atoms with Crippen molar-refractivity contribution < 1.29 is 17.9 Å². The molecule has 0 fully saturated rings. The molecule has 0 saturated carbocycles. The first-order chi connectivity index (χ1) is 7.34. The fourth-order valence-electron chi connectivity index (χ4n) is 1.31. The number of methoxy groups -OCH3 is 1. The molecule has 0 atom stereocenters. The Bertz CT molecular complexity index is 508. The molecular weight excluding hydrogens is 252 g/mol. The topological polar surface area (TPSA) is 60.4 Å². The summed E-state index contributed by atoms with van der Waals surface area (Å²) in [4.78, 5) is 11.0. The minimum Gasteiger partial charge on any atom is -0.496 e. The van der Waals surface area contributed by atoms with Crippen molar-refractivity contribution in [3.63, 3.8) is 0 Å². The molecule has 1 aromatic rings. The highest BCUT2D eigenvalue weighted by molar-refractivity contribution is 8.13. The quantitative estimate of drug-likeness (QED) is 0.776. The van der Waals surface area contributed by atoms with Gasteiger partial charge in [0.25, 0.3) is 9.05 Å². The van der Waals surface area contributed by atoms with Gasteiger partial charge in [-0.15, -0.1) is 0 Å². The lowest BCUT2D eigenvalue weighted by atomic mass is 10.1. The van der Waals surface area contributed by atoms with Crippen LogP contribution in [0.15, 0.2) is 23.1 Å². The number of carbonyl (C=O) groups is 1. The smallest absolute Gasteiger partial charge is 0.261 e. The molecule has 16 heavy (non-hydrogen) atoms. The van der Waals surface area contributed by atoms with E-state index in [2.05, 4.69) is 0 Å². The predicted octanol–water partition coefficient (Wildman–Crippen LogP) is 1.75. The molecular formula is C10H11ClO4S. The lowest BCUT2D eigenvalue weighted by Crippen LogP contribution is -2.01. The summed E-state index contributed by atoms with van der Waals surface area (Å²) in [5, 5.41) is 0. The van der Waals surface area contributed by atoms with E-state index in [1.807, 2.05) is 0 Å². The van der Waals surface area contributed by atoms with Gasteiger partial charge in [-0.3, -0.25) is 4.79 Å². The summed E-state index contributed by atoms with van der Waals surface area (Å²) >= 11 is 0. The first-order valence-electron chi connectivity index (χ1n) is 4.45. The Labute approximate surface area is 98.6 Å². The molecule has 0 aliphatic carbocycles. The van der Waals surface area contributed by atoms with Crippen LogP contribution in [0.2, 0.25) is 0 Å². The third kappa shape index (κ3) is 3.21. The fraction of sp³-hybridized carbons (Fsp3) is 0.300. The zero-order valence-corrected chi connectivity index (χ0v) is 10.4. The Morgan fingerprint density at radius 2 is 2.06 bits per heavy atom. The van der Waals surface area contributed by atoms with Gasteiger partial charge in [-0.1, -0.05) is 0 Å². The molecule has 1 aromatic carbocycles. The van der Waals surface area contributed by atoms with Crippen LogP contribution >= 0.6 is 10.7 Å². The van der Waals surface area contributed by atoms with E-state index in [0.717, 1.165) is 0 Å². The summed E-state index contributed by atoms with van der Waals surface area (Å²) in [5.41, 5.74) is 0.511. The van der Waals surface area contributed by atoms with Crippen LogP contribution in [0.3, 0.4) is 0 Å². The van der Waals surface area contributed by atoms with Gasteiger partial charge in [0.15, 0.2) is 0 Å². The maximum Gasteiger partial charge on any atom is 0.261 e. The van der Waals surface area contributed by atoms with Crippen molar-refractivity contribution in [2.75, 3.05) is 7.11 Å². The van der Waals surface area contributed by atoms with Crippen LogP contribution in [-0.2, 0) is 20.3 Å². The van der Waals surface area contributed by atoms with Gasteiger partial charge in [0.2, 0.25) is 0 Å². The average molecular weight is 263 g/mol. The van der Waals surface area contributed by atoms with Gasteiger partial charge in [-0.2, -0.15) is 0 Å². The molecule has 0 unspecified atom stereocenters. The van der Waals surface area contributed by atoms with Crippen LogP contribution in [0.1, 0.15) is 12.5 Å². The number of hydrogen-bond acceptors (Lipinski definition) is 4. The molecule has 0 aliphatic rings. The minimum absolute atomic E-state index is 0.0359. The second-order valence-corrected chi connectivity index (χ2v) is 5.86. The number of ether oxygens (including phenoxy) is 1. The molecule has 0 N–H and O–H groups in total. The fourth-order valence-corrected chi connectivity index (χ4v) is 2.11. The predicted molar refractivity (Wildman–Crippen MR) is 60.4 cm³/mol. The molecule has 0 radical (unpaired) electrons. The summed E-state index contributed by atoms with van der Waals surface area (Å²) in [6, 6.07) is 4.17. The van der Waals surface area contributed by atoms with Gasteiger partial charge in [0, 0.05) is 22.7 Å². The lowest BCUT2D eigenvalue weighted by molar-refractivity contribution is -0.116. The third-order valence-electron chi connectivity index (χ3n) is 1.97. The van der Waals surface area contributed by atoms with Gasteiger partial charge in [-0.25, -0.2) is 8.42 Å². The number of hydrogen-bond donors (Lipinski definition) is 0.